The molecule has 160 valence electrons. The molecule has 3 aromatic rings. The van der Waals surface area contributed by atoms with Crippen LogP contribution in [-0.2, 0) is 4.79 Å². The summed E-state index contributed by atoms with van der Waals surface area (Å²) in [5, 5.41) is 10.4. The zero-order valence-electron chi connectivity index (χ0n) is 17.0. The van der Waals surface area contributed by atoms with E-state index in [-0.39, 0.29) is 17.7 Å². The number of ether oxygens (including phenoxy) is 1. The number of benzene rings is 1. The number of halogens is 1. The van der Waals surface area contributed by atoms with E-state index in [1.807, 2.05) is 12.1 Å². The second-order valence-corrected chi connectivity index (χ2v) is 7.72. The van der Waals surface area contributed by atoms with Gasteiger partial charge in [0.1, 0.15) is 11.4 Å². The number of nitrogens with one attached hydrogen (secondary N) is 2. The number of pyridine rings is 1. The molecule has 0 radical (unpaired) electrons. The molecule has 2 N–H and O–H groups in total. The van der Waals surface area contributed by atoms with Gasteiger partial charge in [-0.05, 0) is 49.2 Å². The van der Waals surface area contributed by atoms with E-state index in [1.54, 1.807) is 41.6 Å². The number of nitrogens with zero attached hydrogens (tertiary/aromatic N) is 3. The zero-order valence-corrected chi connectivity index (χ0v) is 17.7. The van der Waals surface area contributed by atoms with Gasteiger partial charge in [0, 0.05) is 42.7 Å². The number of anilines is 1. The summed E-state index contributed by atoms with van der Waals surface area (Å²) in [5.74, 6) is 0.187. The molecule has 1 aliphatic heterocycles. The van der Waals surface area contributed by atoms with Gasteiger partial charge in [-0.25, -0.2) is 0 Å². The highest BCUT2D eigenvalue weighted by molar-refractivity contribution is 6.32. The molecule has 8 nitrogen and oxygen atoms in total. The number of likely N-dealkylation sites (tertiary alicyclic amines) is 1. The van der Waals surface area contributed by atoms with Gasteiger partial charge >= 0.3 is 0 Å². The predicted octanol–water partition coefficient (Wildman–Crippen LogP) is 3.62. The number of aromatic nitrogens is 3. The Balaban J connectivity index is 1.33. The minimum Gasteiger partial charge on any atom is -0.495 e. The first-order valence-electron chi connectivity index (χ1n) is 9.94. The molecule has 0 aliphatic carbocycles. The van der Waals surface area contributed by atoms with E-state index in [0.29, 0.717) is 53.8 Å². The molecular weight excluding hydrogens is 418 g/mol. The lowest BCUT2D eigenvalue weighted by molar-refractivity contribution is -0.121. The van der Waals surface area contributed by atoms with E-state index in [2.05, 4.69) is 20.5 Å². The SMILES string of the molecule is COc1ccc(NC(=O)C2CCN(C(=O)c3cc(-c4cccnc4)n[nH]3)CC2)cc1Cl. The van der Waals surface area contributed by atoms with Crippen molar-refractivity contribution in [2.45, 2.75) is 12.8 Å². The van der Waals surface area contributed by atoms with Crippen molar-refractivity contribution >= 4 is 29.1 Å². The Morgan fingerprint density at radius 3 is 2.71 bits per heavy atom. The van der Waals surface area contributed by atoms with Crippen molar-refractivity contribution in [3.63, 3.8) is 0 Å². The average molecular weight is 440 g/mol. The summed E-state index contributed by atoms with van der Waals surface area (Å²) in [6.45, 7) is 1.00. The highest BCUT2D eigenvalue weighted by atomic mass is 35.5. The molecule has 9 heteroatoms. The Morgan fingerprint density at radius 1 is 1.23 bits per heavy atom. The van der Waals surface area contributed by atoms with Gasteiger partial charge < -0.3 is 15.0 Å². The third kappa shape index (κ3) is 4.69. The number of methoxy groups -OCH3 is 1. The molecule has 31 heavy (non-hydrogen) atoms. The van der Waals surface area contributed by atoms with Crippen molar-refractivity contribution in [3.05, 3.63) is 59.5 Å². The zero-order chi connectivity index (χ0) is 21.8. The largest absolute Gasteiger partial charge is 0.495 e. The molecule has 0 spiro atoms. The third-order valence-corrected chi connectivity index (χ3v) is 5.63. The van der Waals surface area contributed by atoms with Crippen LogP contribution in [0, 0.1) is 5.92 Å². The van der Waals surface area contributed by atoms with E-state index in [1.165, 1.54) is 7.11 Å². The van der Waals surface area contributed by atoms with Gasteiger partial charge in [-0.1, -0.05) is 11.6 Å². The first-order valence-corrected chi connectivity index (χ1v) is 10.3. The van der Waals surface area contributed by atoms with Crippen LogP contribution in [0.25, 0.3) is 11.3 Å². The standard InChI is InChI=1S/C22H22ClN5O3/c1-31-20-5-4-16(11-17(20)23)25-21(29)14-6-9-28(10-7-14)22(30)19-12-18(26-27-19)15-3-2-8-24-13-15/h2-5,8,11-14H,6-7,9-10H2,1H3,(H,25,29)(H,26,27). The van der Waals surface area contributed by atoms with Crippen molar-refractivity contribution in [1.29, 1.82) is 0 Å². The Kier molecular flexibility index (Phi) is 6.18. The minimum absolute atomic E-state index is 0.0752. The molecule has 4 rings (SSSR count). The highest BCUT2D eigenvalue weighted by Gasteiger charge is 2.28. The number of H-pyrrole nitrogens is 1. The molecule has 1 aliphatic rings. The van der Waals surface area contributed by atoms with E-state index >= 15 is 0 Å². The van der Waals surface area contributed by atoms with Crippen molar-refractivity contribution in [2.24, 2.45) is 5.92 Å². The van der Waals surface area contributed by atoms with E-state index in [4.69, 9.17) is 16.3 Å². The van der Waals surface area contributed by atoms with Crippen LogP contribution in [0.5, 0.6) is 5.75 Å². The lowest BCUT2D eigenvalue weighted by Crippen LogP contribution is -2.41. The highest BCUT2D eigenvalue weighted by Crippen LogP contribution is 2.28. The molecule has 2 aromatic heterocycles. The van der Waals surface area contributed by atoms with Crippen LogP contribution < -0.4 is 10.1 Å². The van der Waals surface area contributed by atoms with Crippen LogP contribution in [-0.4, -0.2) is 52.1 Å². The predicted molar refractivity (Wildman–Crippen MR) is 117 cm³/mol. The van der Waals surface area contributed by atoms with Crippen molar-refractivity contribution in [3.8, 4) is 17.0 Å². The fraction of sp³-hybridized carbons (Fsp3) is 0.273. The molecule has 1 saturated heterocycles. The molecule has 0 unspecified atom stereocenters. The van der Waals surface area contributed by atoms with Crippen LogP contribution in [0.2, 0.25) is 5.02 Å². The van der Waals surface area contributed by atoms with Crippen molar-refractivity contribution < 1.29 is 14.3 Å². The van der Waals surface area contributed by atoms with E-state index < -0.39 is 0 Å². The van der Waals surface area contributed by atoms with Gasteiger partial charge in [0.25, 0.3) is 5.91 Å². The van der Waals surface area contributed by atoms with Crippen LogP contribution in [0.3, 0.4) is 0 Å². The molecule has 2 amide bonds. The maximum Gasteiger partial charge on any atom is 0.271 e. The third-order valence-electron chi connectivity index (χ3n) is 5.34. The number of aromatic amines is 1. The van der Waals surface area contributed by atoms with Crippen LogP contribution in [0.1, 0.15) is 23.3 Å². The monoisotopic (exact) mass is 439 g/mol. The summed E-state index contributed by atoms with van der Waals surface area (Å²) in [6.07, 6.45) is 4.56. The number of carbonyl (C=O) groups excluding carboxylic acids is 2. The second-order valence-electron chi connectivity index (χ2n) is 7.31. The number of carbonyl (C=O) groups is 2. The van der Waals surface area contributed by atoms with Crippen molar-refractivity contribution in [1.82, 2.24) is 20.1 Å². The summed E-state index contributed by atoms with van der Waals surface area (Å²) in [7, 11) is 1.54. The van der Waals surface area contributed by atoms with Crippen LogP contribution in [0.4, 0.5) is 5.69 Å². The Bertz CT molecular complexity index is 1080. The summed E-state index contributed by atoms with van der Waals surface area (Å²) in [5.41, 5.74) is 2.56. The minimum atomic E-state index is -0.169. The normalized spacial score (nSPS) is 14.3. The quantitative estimate of drug-likeness (QED) is 0.632. The summed E-state index contributed by atoms with van der Waals surface area (Å²) in [6, 6.07) is 10.6. The van der Waals surface area contributed by atoms with Crippen molar-refractivity contribution in [2.75, 3.05) is 25.5 Å². The molecule has 1 aromatic carbocycles. The Hall–Kier alpha value is -3.39. The number of piperidine rings is 1. The Morgan fingerprint density at radius 2 is 2.03 bits per heavy atom. The first kappa shape index (κ1) is 20.9. The summed E-state index contributed by atoms with van der Waals surface area (Å²) >= 11 is 6.12. The van der Waals surface area contributed by atoms with Gasteiger partial charge in [0.15, 0.2) is 0 Å². The molecule has 0 saturated carbocycles. The lowest BCUT2D eigenvalue weighted by atomic mass is 9.95. The molecule has 1 fully saturated rings. The van der Waals surface area contributed by atoms with Gasteiger partial charge in [-0.15, -0.1) is 0 Å². The van der Waals surface area contributed by atoms with E-state index in [0.717, 1.165) is 5.56 Å². The Labute approximate surface area is 184 Å². The second kappa shape index (κ2) is 9.18. The fourth-order valence-corrected chi connectivity index (χ4v) is 3.85. The maximum absolute atomic E-state index is 12.8. The lowest BCUT2D eigenvalue weighted by Gasteiger charge is -2.31. The number of hydrogen-bond donors (Lipinski definition) is 2. The number of hydrogen-bond acceptors (Lipinski definition) is 5. The summed E-state index contributed by atoms with van der Waals surface area (Å²) < 4.78 is 5.13. The smallest absolute Gasteiger partial charge is 0.271 e. The molecule has 0 atom stereocenters. The van der Waals surface area contributed by atoms with Gasteiger partial charge in [0.05, 0.1) is 17.8 Å². The fourth-order valence-electron chi connectivity index (χ4n) is 3.60. The van der Waals surface area contributed by atoms with Gasteiger partial charge in [-0.3, -0.25) is 19.7 Å². The maximum atomic E-state index is 12.8. The van der Waals surface area contributed by atoms with Crippen LogP contribution in [0.15, 0.2) is 48.8 Å². The molecule has 0 bridgehead atoms. The molecular formula is C22H22ClN5O3. The van der Waals surface area contributed by atoms with Gasteiger partial charge in [-0.2, -0.15) is 5.10 Å². The van der Waals surface area contributed by atoms with Crippen LogP contribution >= 0.6 is 11.6 Å². The first-order chi connectivity index (χ1) is 15.0. The number of rotatable bonds is 5. The average Bonchev–Trinajstić information content (AvgIpc) is 3.30. The van der Waals surface area contributed by atoms with Gasteiger partial charge in [0.2, 0.25) is 5.91 Å². The molecule has 3 heterocycles. The topological polar surface area (TPSA) is 100 Å². The number of amides is 2. The summed E-state index contributed by atoms with van der Waals surface area (Å²) in [4.78, 5) is 31.3. The van der Waals surface area contributed by atoms with E-state index in [9.17, 15) is 9.59 Å².